The van der Waals surface area contributed by atoms with Crippen LogP contribution in [0.5, 0.6) is 5.75 Å². The lowest BCUT2D eigenvalue weighted by Gasteiger charge is -2.61. The van der Waals surface area contributed by atoms with Crippen LogP contribution in [0.4, 0.5) is 4.39 Å². The maximum atomic E-state index is 15.0. The first-order chi connectivity index (χ1) is 14.0. The third-order valence-corrected chi connectivity index (χ3v) is 7.09. The molecule has 4 aliphatic rings. The van der Waals surface area contributed by atoms with Crippen molar-refractivity contribution in [1.29, 1.82) is 0 Å². The van der Waals surface area contributed by atoms with Crippen molar-refractivity contribution < 1.29 is 23.5 Å². The smallest absolute Gasteiger partial charge is 0.312 e. The van der Waals surface area contributed by atoms with E-state index in [0.29, 0.717) is 29.6 Å². The molecule has 164 valence electrons. The number of benzene rings is 1. The van der Waals surface area contributed by atoms with Gasteiger partial charge in [-0.05, 0) is 88.2 Å². The molecule has 1 aromatic carbocycles. The van der Waals surface area contributed by atoms with Crippen LogP contribution in [0, 0.1) is 23.1 Å². The number of rotatable bonds is 5. The minimum atomic E-state index is -0.613. The summed E-state index contributed by atoms with van der Waals surface area (Å²) in [5.41, 5.74) is -0.633. The highest BCUT2D eigenvalue weighted by Crippen LogP contribution is 2.66. The van der Waals surface area contributed by atoms with Crippen molar-refractivity contribution in [3.05, 3.63) is 29.6 Å². The zero-order chi connectivity index (χ0) is 21.7. The lowest BCUT2D eigenvalue weighted by atomic mass is 9.43. The average molecular weight is 418 g/mol. The average Bonchev–Trinajstić information content (AvgIpc) is 2.63. The summed E-state index contributed by atoms with van der Waals surface area (Å²) in [5.74, 6) is 0.437. The van der Waals surface area contributed by atoms with E-state index in [4.69, 9.17) is 9.47 Å². The van der Waals surface area contributed by atoms with Crippen LogP contribution in [-0.4, -0.2) is 31.1 Å². The molecule has 4 bridgehead atoms. The molecule has 6 heteroatoms. The van der Waals surface area contributed by atoms with E-state index in [-0.39, 0.29) is 35.3 Å². The first-order valence-corrected chi connectivity index (χ1v) is 10.9. The molecule has 5 nitrogen and oxygen atoms in total. The third-order valence-electron chi connectivity index (χ3n) is 7.09. The van der Waals surface area contributed by atoms with Gasteiger partial charge in [0.05, 0.1) is 12.5 Å². The van der Waals surface area contributed by atoms with E-state index >= 15 is 4.39 Å². The van der Waals surface area contributed by atoms with Crippen molar-refractivity contribution in [1.82, 2.24) is 5.32 Å². The van der Waals surface area contributed by atoms with E-state index in [1.54, 1.807) is 6.07 Å². The molecule has 2 atom stereocenters. The third kappa shape index (κ3) is 3.81. The molecule has 0 radical (unpaired) electrons. The first-order valence-electron chi connectivity index (χ1n) is 10.9. The fraction of sp³-hybridized carbons (Fsp3) is 0.667. The highest BCUT2D eigenvalue weighted by atomic mass is 19.1. The second kappa shape index (κ2) is 7.24. The Balaban J connectivity index is 1.55. The molecule has 0 spiro atoms. The minimum Gasteiger partial charge on any atom is -0.497 e. The van der Waals surface area contributed by atoms with Gasteiger partial charge in [0.25, 0.3) is 5.91 Å². The molecule has 5 rings (SSSR count). The summed E-state index contributed by atoms with van der Waals surface area (Å²) >= 11 is 0. The summed E-state index contributed by atoms with van der Waals surface area (Å²) in [5, 5.41) is 2.82. The van der Waals surface area contributed by atoms with Crippen LogP contribution in [-0.2, 0) is 19.7 Å². The number of amides is 1. The zero-order valence-corrected chi connectivity index (χ0v) is 18.3. The van der Waals surface area contributed by atoms with Crippen molar-refractivity contribution in [3.8, 4) is 5.75 Å². The van der Waals surface area contributed by atoms with Gasteiger partial charge in [0.1, 0.15) is 11.6 Å². The SMILES string of the molecule is COc1ccc(C23C[C@H]4C[C@@H](CC(C(=O)OCC(=O)NC(C)(C)C)(C4)C2)C3)c(F)c1. The van der Waals surface area contributed by atoms with E-state index in [2.05, 4.69) is 5.32 Å². The van der Waals surface area contributed by atoms with Crippen molar-refractivity contribution in [2.75, 3.05) is 13.7 Å². The molecular weight excluding hydrogens is 385 g/mol. The molecule has 4 fully saturated rings. The zero-order valence-electron chi connectivity index (χ0n) is 18.3. The van der Waals surface area contributed by atoms with Crippen LogP contribution in [0.1, 0.15) is 64.9 Å². The van der Waals surface area contributed by atoms with Crippen LogP contribution in [0.25, 0.3) is 0 Å². The Morgan fingerprint density at radius 2 is 1.83 bits per heavy atom. The molecule has 30 heavy (non-hydrogen) atoms. The molecule has 1 aromatic rings. The maximum Gasteiger partial charge on any atom is 0.312 e. The van der Waals surface area contributed by atoms with Gasteiger partial charge in [0.2, 0.25) is 0 Å². The van der Waals surface area contributed by atoms with Gasteiger partial charge < -0.3 is 14.8 Å². The Morgan fingerprint density at radius 3 is 2.40 bits per heavy atom. The molecular formula is C24H32FNO4. The number of carbonyl (C=O) groups is 2. The van der Waals surface area contributed by atoms with Gasteiger partial charge in [-0.15, -0.1) is 0 Å². The van der Waals surface area contributed by atoms with E-state index in [0.717, 1.165) is 32.1 Å². The quantitative estimate of drug-likeness (QED) is 0.732. The summed E-state index contributed by atoms with van der Waals surface area (Å²) in [4.78, 5) is 25.3. The maximum absolute atomic E-state index is 15.0. The van der Waals surface area contributed by atoms with Crippen molar-refractivity contribution >= 4 is 11.9 Å². The summed E-state index contributed by atoms with van der Waals surface area (Å²) in [6, 6.07) is 5.08. The van der Waals surface area contributed by atoms with Gasteiger partial charge in [0.15, 0.2) is 6.61 Å². The van der Waals surface area contributed by atoms with Gasteiger partial charge in [-0.25, -0.2) is 4.39 Å². The standard InChI is InChI=1S/C24H32FNO4/c1-22(2,3)26-20(27)13-30-21(28)24-11-15-7-16(12-24)10-23(9-15,14-24)18-6-5-17(29-4)8-19(18)25/h5-6,8,15-16H,7,9-14H2,1-4H3,(H,26,27)/t15-,16-,23?,24?/m1/s1. The minimum absolute atomic E-state index is 0.260. The highest BCUT2D eigenvalue weighted by Gasteiger charge is 2.62. The lowest BCUT2D eigenvalue weighted by Crippen LogP contribution is -2.57. The van der Waals surface area contributed by atoms with Gasteiger partial charge in [-0.2, -0.15) is 0 Å². The lowest BCUT2D eigenvalue weighted by molar-refractivity contribution is -0.175. The van der Waals surface area contributed by atoms with E-state index < -0.39 is 5.41 Å². The second-order valence-electron chi connectivity index (χ2n) is 10.7. The number of carbonyl (C=O) groups excluding carboxylic acids is 2. The monoisotopic (exact) mass is 417 g/mol. The van der Waals surface area contributed by atoms with Gasteiger partial charge in [-0.1, -0.05) is 6.07 Å². The Bertz CT molecular complexity index is 845. The van der Waals surface area contributed by atoms with E-state index in [1.165, 1.54) is 13.2 Å². The Morgan fingerprint density at radius 1 is 1.17 bits per heavy atom. The predicted molar refractivity (Wildman–Crippen MR) is 111 cm³/mol. The molecule has 0 unspecified atom stereocenters. The number of methoxy groups -OCH3 is 1. The predicted octanol–water partition coefficient (Wildman–Crippen LogP) is 4.13. The highest BCUT2D eigenvalue weighted by molar-refractivity contribution is 5.83. The van der Waals surface area contributed by atoms with Gasteiger partial charge in [-0.3, -0.25) is 9.59 Å². The summed E-state index contributed by atoms with van der Waals surface area (Å²) < 4.78 is 25.7. The van der Waals surface area contributed by atoms with Crippen LogP contribution in [0.3, 0.4) is 0 Å². The number of nitrogens with one attached hydrogen (secondary N) is 1. The van der Waals surface area contributed by atoms with Crippen LogP contribution < -0.4 is 10.1 Å². The van der Waals surface area contributed by atoms with E-state index in [9.17, 15) is 9.59 Å². The Labute approximate surface area is 177 Å². The number of esters is 1. The topological polar surface area (TPSA) is 64.6 Å². The first kappa shape index (κ1) is 21.1. The molecule has 0 aromatic heterocycles. The normalized spacial score (nSPS) is 32.0. The second-order valence-corrected chi connectivity index (χ2v) is 10.7. The van der Waals surface area contributed by atoms with Crippen LogP contribution in [0.2, 0.25) is 0 Å². The fourth-order valence-corrected chi connectivity index (χ4v) is 6.61. The number of halogens is 1. The molecule has 1 N–H and O–H groups in total. The summed E-state index contributed by atoms with van der Waals surface area (Å²) in [7, 11) is 1.53. The van der Waals surface area contributed by atoms with Crippen LogP contribution in [0.15, 0.2) is 18.2 Å². The number of ether oxygens (including phenoxy) is 2. The van der Waals surface area contributed by atoms with Crippen molar-refractivity contribution in [2.45, 2.75) is 70.3 Å². The summed E-state index contributed by atoms with van der Waals surface area (Å²) in [6.45, 7) is 5.40. The molecule has 0 aliphatic heterocycles. The van der Waals surface area contributed by atoms with E-state index in [1.807, 2.05) is 26.8 Å². The largest absolute Gasteiger partial charge is 0.497 e. The molecule has 0 heterocycles. The number of hydrogen-bond donors (Lipinski definition) is 1. The van der Waals surface area contributed by atoms with Gasteiger partial charge >= 0.3 is 5.97 Å². The number of hydrogen-bond acceptors (Lipinski definition) is 4. The Hall–Kier alpha value is -2.11. The molecule has 1 amide bonds. The summed E-state index contributed by atoms with van der Waals surface area (Å²) in [6.07, 6.45) is 5.07. The fourth-order valence-electron chi connectivity index (χ4n) is 6.61. The van der Waals surface area contributed by atoms with Crippen molar-refractivity contribution in [3.63, 3.8) is 0 Å². The van der Waals surface area contributed by atoms with Gasteiger partial charge in [0, 0.05) is 11.6 Å². The molecule has 4 aliphatic carbocycles. The van der Waals surface area contributed by atoms with Crippen LogP contribution >= 0.6 is 0 Å². The Kier molecular flexibility index (Phi) is 5.10. The van der Waals surface area contributed by atoms with Crippen molar-refractivity contribution in [2.24, 2.45) is 17.3 Å². The molecule has 4 saturated carbocycles. The molecule has 0 saturated heterocycles.